The molecule has 6 heteroatoms. The molecule has 1 unspecified atom stereocenters. The summed E-state index contributed by atoms with van der Waals surface area (Å²) >= 11 is 1.78. The van der Waals surface area contributed by atoms with Crippen molar-refractivity contribution in [2.24, 2.45) is 0 Å². The van der Waals surface area contributed by atoms with Crippen LogP contribution in [0.2, 0.25) is 0 Å². The molecule has 0 saturated carbocycles. The van der Waals surface area contributed by atoms with Crippen molar-refractivity contribution in [1.82, 2.24) is 5.32 Å². The average Bonchev–Trinajstić information content (AvgIpc) is 2.51. The predicted octanol–water partition coefficient (Wildman–Crippen LogP) is 1.99. The van der Waals surface area contributed by atoms with Crippen LogP contribution in [0.4, 0.5) is 11.4 Å². The molecule has 1 aromatic rings. The van der Waals surface area contributed by atoms with Crippen molar-refractivity contribution in [3.05, 3.63) is 23.8 Å². The smallest absolute Gasteiger partial charge is 0.242 e. The van der Waals surface area contributed by atoms with Crippen LogP contribution in [0, 0.1) is 6.92 Å². The Morgan fingerprint density at radius 1 is 1.38 bits per heavy atom. The lowest BCUT2D eigenvalue weighted by atomic mass is 10.1. The zero-order valence-corrected chi connectivity index (χ0v) is 13.2. The van der Waals surface area contributed by atoms with Gasteiger partial charge in [0.05, 0.1) is 6.04 Å². The molecule has 1 aliphatic heterocycles. The lowest BCUT2D eigenvalue weighted by molar-refractivity contribution is -0.117. The fourth-order valence-electron chi connectivity index (χ4n) is 2.04. The van der Waals surface area contributed by atoms with Gasteiger partial charge in [-0.25, -0.2) is 0 Å². The van der Waals surface area contributed by atoms with Crippen molar-refractivity contribution < 1.29 is 9.59 Å². The Labute approximate surface area is 129 Å². The lowest BCUT2D eigenvalue weighted by Crippen LogP contribution is -2.46. The van der Waals surface area contributed by atoms with Crippen LogP contribution in [0.15, 0.2) is 18.2 Å². The summed E-state index contributed by atoms with van der Waals surface area (Å²) in [6, 6.07) is 5.38. The van der Waals surface area contributed by atoms with E-state index in [1.807, 2.05) is 19.1 Å². The summed E-state index contributed by atoms with van der Waals surface area (Å²) in [6.07, 6.45) is 0.429. The van der Waals surface area contributed by atoms with Crippen LogP contribution in [0.5, 0.6) is 0 Å². The molecular formula is C15H21N3O2S. The van der Waals surface area contributed by atoms with Gasteiger partial charge in [0.2, 0.25) is 11.8 Å². The van der Waals surface area contributed by atoms with Gasteiger partial charge in [0.15, 0.2) is 0 Å². The van der Waals surface area contributed by atoms with Gasteiger partial charge in [-0.3, -0.25) is 9.59 Å². The first-order chi connectivity index (χ1) is 10.1. The maximum Gasteiger partial charge on any atom is 0.242 e. The third kappa shape index (κ3) is 4.47. The second-order valence-electron chi connectivity index (χ2n) is 5.00. The van der Waals surface area contributed by atoms with E-state index < -0.39 is 0 Å². The molecule has 5 nitrogen and oxygen atoms in total. The molecule has 0 aliphatic carbocycles. The van der Waals surface area contributed by atoms with E-state index in [1.54, 1.807) is 24.8 Å². The molecule has 21 heavy (non-hydrogen) atoms. The lowest BCUT2D eigenvalue weighted by Gasteiger charge is -2.22. The van der Waals surface area contributed by atoms with Crippen LogP contribution in [0.25, 0.3) is 0 Å². The van der Waals surface area contributed by atoms with E-state index in [0.717, 1.165) is 29.3 Å². The monoisotopic (exact) mass is 307 g/mol. The predicted molar refractivity (Wildman–Crippen MR) is 87.8 cm³/mol. The number of carbonyl (C=O) groups excluding carboxylic acids is 2. The summed E-state index contributed by atoms with van der Waals surface area (Å²) in [5.74, 6) is 1.77. The highest BCUT2D eigenvalue weighted by Crippen LogP contribution is 2.21. The summed E-state index contributed by atoms with van der Waals surface area (Å²) in [4.78, 5) is 23.7. The third-order valence-corrected chi connectivity index (χ3v) is 4.40. The number of benzene rings is 1. The Morgan fingerprint density at radius 3 is 2.86 bits per heavy atom. The molecule has 2 amide bonds. The first-order valence-corrected chi connectivity index (χ1v) is 8.28. The van der Waals surface area contributed by atoms with E-state index >= 15 is 0 Å². The van der Waals surface area contributed by atoms with Crippen molar-refractivity contribution in [3.63, 3.8) is 0 Å². The van der Waals surface area contributed by atoms with E-state index in [0.29, 0.717) is 12.1 Å². The second kappa shape index (κ2) is 7.47. The second-order valence-corrected chi connectivity index (χ2v) is 6.15. The molecule has 0 bridgehead atoms. The van der Waals surface area contributed by atoms with Gasteiger partial charge < -0.3 is 16.0 Å². The molecule has 0 spiro atoms. The van der Waals surface area contributed by atoms with Crippen molar-refractivity contribution in [1.29, 1.82) is 0 Å². The third-order valence-electron chi connectivity index (χ3n) is 3.34. The Morgan fingerprint density at radius 2 is 2.19 bits per heavy atom. The quantitative estimate of drug-likeness (QED) is 0.795. The molecule has 1 aliphatic rings. The van der Waals surface area contributed by atoms with Gasteiger partial charge in [-0.15, -0.1) is 0 Å². The first kappa shape index (κ1) is 15.9. The van der Waals surface area contributed by atoms with E-state index in [-0.39, 0.29) is 17.9 Å². The molecule has 3 N–H and O–H groups in total. The molecule has 1 atom stereocenters. The Balaban J connectivity index is 2.05. The van der Waals surface area contributed by atoms with E-state index in [1.165, 1.54) is 0 Å². The number of hydrogen-bond donors (Lipinski definition) is 3. The van der Waals surface area contributed by atoms with Gasteiger partial charge in [-0.1, -0.05) is 13.0 Å². The van der Waals surface area contributed by atoms with Crippen LogP contribution in [-0.4, -0.2) is 35.9 Å². The maximum absolute atomic E-state index is 12.2. The van der Waals surface area contributed by atoms with Crippen molar-refractivity contribution in [3.8, 4) is 0 Å². The fraction of sp³-hybridized carbons (Fsp3) is 0.467. The first-order valence-electron chi connectivity index (χ1n) is 7.12. The number of nitrogens with one attached hydrogen (secondary N) is 3. The van der Waals surface area contributed by atoms with Gasteiger partial charge in [-0.2, -0.15) is 11.8 Å². The van der Waals surface area contributed by atoms with Crippen molar-refractivity contribution in [2.45, 2.75) is 26.3 Å². The molecule has 1 fully saturated rings. The van der Waals surface area contributed by atoms with Gasteiger partial charge in [-0.05, 0) is 24.6 Å². The molecule has 0 aromatic heterocycles. The summed E-state index contributed by atoms with van der Waals surface area (Å²) in [5, 5.41) is 8.96. The highest BCUT2D eigenvalue weighted by molar-refractivity contribution is 7.99. The van der Waals surface area contributed by atoms with Crippen LogP contribution >= 0.6 is 11.8 Å². The number of carbonyl (C=O) groups is 2. The standard InChI is InChI=1S/C15H21N3O2S/c1-3-14(19)17-11-5-4-10(2)12(8-11)18-15(20)13-9-21-7-6-16-13/h4-5,8,13,16H,3,6-7,9H2,1-2H3,(H,17,19)(H,18,20). The van der Waals surface area contributed by atoms with Crippen LogP contribution < -0.4 is 16.0 Å². The number of thioether (sulfide) groups is 1. The topological polar surface area (TPSA) is 70.2 Å². The zero-order valence-electron chi connectivity index (χ0n) is 12.4. The van der Waals surface area contributed by atoms with Gasteiger partial charge in [0, 0.05) is 35.8 Å². The normalized spacial score (nSPS) is 18.1. The summed E-state index contributed by atoms with van der Waals surface area (Å²) < 4.78 is 0. The van der Waals surface area contributed by atoms with Crippen molar-refractivity contribution in [2.75, 3.05) is 28.7 Å². The molecule has 2 rings (SSSR count). The highest BCUT2D eigenvalue weighted by Gasteiger charge is 2.21. The fourth-order valence-corrected chi connectivity index (χ4v) is 2.97. The van der Waals surface area contributed by atoms with Gasteiger partial charge in [0.1, 0.15) is 0 Å². The van der Waals surface area contributed by atoms with E-state index in [4.69, 9.17) is 0 Å². The van der Waals surface area contributed by atoms with Crippen LogP contribution in [0.1, 0.15) is 18.9 Å². The van der Waals surface area contributed by atoms with E-state index in [9.17, 15) is 9.59 Å². The van der Waals surface area contributed by atoms with Crippen LogP contribution in [-0.2, 0) is 9.59 Å². The molecule has 1 aromatic carbocycles. The summed E-state index contributed by atoms with van der Waals surface area (Å²) in [6.45, 7) is 4.59. The Bertz CT molecular complexity index is 528. The number of amides is 2. The molecule has 1 saturated heterocycles. The average molecular weight is 307 g/mol. The minimum atomic E-state index is -0.156. The summed E-state index contributed by atoms with van der Waals surface area (Å²) in [5.41, 5.74) is 2.42. The minimum absolute atomic E-state index is 0.0238. The van der Waals surface area contributed by atoms with Gasteiger partial charge >= 0.3 is 0 Å². The number of hydrogen-bond acceptors (Lipinski definition) is 4. The molecule has 1 heterocycles. The molecular weight excluding hydrogens is 286 g/mol. The highest BCUT2D eigenvalue weighted by atomic mass is 32.2. The number of rotatable bonds is 4. The van der Waals surface area contributed by atoms with Gasteiger partial charge in [0.25, 0.3) is 0 Å². The summed E-state index contributed by atoms with van der Waals surface area (Å²) in [7, 11) is 0. The number of aryl methyl sites for hydroxylation is 1. The molecule has 0 radical (unpaired) electrons. The van der Waals surface area contributed by atoms with Crippen LogP contribution in [0.3, 0.4) is 0 Å². The SMILES string of the molecule is CCC(=O)Nc1ccc(C)c(NC(=O)C2CSCCN2)c1. The zero-order chi connectivity index (χ0) is 15.2. The van der Waals surface area contributed by atoms with E-state index in [2.05, 4.69) is 16.0 Å². The van der Waals surface area contributed by atoms with Crippen molar-refractivity contribution >= 4 is 35.0 Å². The Kier molecular flexibility index (Phi) is 5.64. The Hall–Kier alpha value is -1.53. The largest absolute Gasteiger partial charge is 0.326 e. The number of anilines is 2. The maximum atomic E-state index is 12.2. The molecule has 114 valence electrons. The minimum Gasteiger partial charge on any atom is -0.326 e.